The van der Waals surface area contributed by atoms with E-state index < -0.39 is 0 Å². The van der Waals surface area contributed by atoms with Crippen LogP contribution in [0, 0.1) is 6.42 Å². The average molecular weight is 166 g/mol. The Kier molecular flexibility index (Phi) is 3.14. The van der Waals surface area contributed by atoms with Gasteiger partial charge >= 0.3 is 0 Å². The molecule has 0 aromatic heterocycles. The predicted octanol–water partition coefficient (Wildman–Crippen LogP) is 2.98. The maximum atomic E-state index is 5.91. The quantitative estimate of drug-likeness (QED) is 0.383. The molecule has 0 bridgehead atoms. The third-order valence-electron chi connectivity index (χ3n) is 1.62. The standard InChI is InChI=1S/C7H11Cl2/c8-6-3-1-2-4-7(9)5-6/h3,6-7H,1-2,4-5H2. The van der Waals surface area contributed by atoms with Gasteiger partial charge in [-0.3, -0.25) is 0 Å². The van der Waals surface area contributed by atoms with Crippen LogP contribution in [0.2, 0.25) is 0 Å². The lowest BCUT2D eigenvalue weighted by molar-refractivity contribution is 0.713. The molecule has 0 N–H and O–H groups in total. The zero-order chi connectivity index (χ0) is 6.69. The number of alkyl halides is 2. The minimum atomic E-state index is 0.218. The molecule has 1 saturated carbocycles. The van der Waals surface area contributed by atoms with Gasteiger partial charge in [-0.05, 0) is 25.7 Å². The van der Waals surface area contributed by atoms with Gasteiger partial charge in [-0.15, -0.1) is 23.2 Å². The highest BCUT2D eigenvalue weighted by Crippen LogP contribution is 2.24. The summed E-state index contributed by atoms with van der Waals surface area (Å²) in [4.78, 5) is 0. The summed E-state index contributed by atoms with van der Waals surface area (Å²) in [7, 11) is 0. The van der Waals surface area contributed by atoms with Gasteiger partial charge in [0, 0.05) is 10.8 Å². The van der Waals surface area contributed by atoms with Crippen LogP contribution in [0.1, 0.15) is 25.7 Å². The highest BCUT2D eigenvalue weighted by molar-refractivity contribution is 6.24. The van der Waals surface area contributed by atoms with Crippen LogP contribution in [0.15, 0.2) is 0 Å². The van der Waals surface area contributed by atoms with E-state index in [9.17, 15) is 0 Å². The van der Waals surface area contributed by atoms with E-state index in [1.807, 2.05) is 0 Å². The molecule has 0 aliphatic heterocycles. The molecule has 0 amide bonds. The molecule has 0 spiro atoms. The molecule has 2 heteroatoms. The van der Waals surface area contributed by atoms with Crippen LogP contribution in [0.4, 0.5) is 0 Å². The second kappa shape index (κ2) is 3.68. The van der Waals surface area contributed by atoms with E-state index in [1.54, 1.807) is 0 Å². The zero-order valence-corrected chi connectivity index (χ0v) is 6.83. The van der Waals surface area contributed by atoms with Crippen LogP contribution in [0.25, 0.3) is 0 Å². The molecular weight excluding hydrogens is 155 g/mol. The van der Waals surface area contributed by atoms with Gasteiger partial charge in [-0.25, -0.2) is 0 Å². The van der Waals surface area contributed by atoms with Gasteiger partial charge in [0.25, 0.3) is 0 Å². The number of rotatable bonds is 0. The van der Waals surface area contributed by atoms with Gasteiger partial charge in [0.2, 0.25) is 0 Å². The summed E-state index contributed by atoms with van der Waals surface area (Å²) in [6, 6.07) is 0. The van der Waals surface area contributed by atoms with E-state index >= 15 is 0 Å². The first-order valence-electron chi connectivity index (χ1n) is 3.40. The van der Waals surface area contributed by atoms with E-state index in [0.717, 1.165) is 19.3 Å². The van der Waals surface area contributed by atoms with Gasteiger partial charge in [0.1, 0.15) is 0 Å². The van der Waals surface area contributed by atoms with Crippen LogP contribution >= 0.6 is 23.2 Å². The monoisotopic (exact) mass is 165 g/mol. The van der Waals surface area contributed by atoms with Gasteiger partial charge in [-0.2, -0.15) is 0 Å². The molecule has 0 heterocycles. The molecule has 2 atom stereocenters. The number of halogens is 2. The fourth-order valence-electron chi connectivity index (χ4n) is 1.10. The Morgan fingerprint density at radius 3 is 2.89 bits per heavy atom. The molecule has 1 rings (SSSR count). The van der Waals surface area contributed by atoms with Crippen molar-refractivity contribution in [2.45, 2.75) is 36.4 Å². The van der Waals surface area contributed by atoms with Crippen LogP contribution in [-0.2, 0) is 0 Å². The van der Waals surface area contributed by atoms with Crippen molar-refractivity contribution in [3.8, 4) is 0 Å². The van der Waals surface area contributed by atoms with Crippen molar-refractivity contribution in [1.82, 2.24) is 0 Å². The average Bonchev–Trinajstić information content (AvgIpc) is 1.93. The van der Waals surface area contributed by atoms with Gasteiger partial charge in [0.15, 0.2) is 0 Å². The lowest BCUT2D eigenvalue weighted by Crippen LogP contribution is -2.03. The highest BCUT2D eigenvalue weighted by atomic mass is 35.5. The third-order valence-corrected chi connectivity index (χ3v) is 2.38. The van der Waals surface area contributed by atoms with Crippen molar-refractivity contribution in [1.29, 1.82) is 0 Å². The van der Waals surface area contributed by atoms with E-state index in [0.29, 0.717) is 5.38 Å². The summed E-state index contributed by atoms with van der Waals surface area (Å²) >= 11 is 11.8. The zero-order valence-electron chi connectivity index (χ0n) is 5.32. The summed E-state index contributed by atoms with van der Waals surface area (Å²) in [6.45, 7) is 0. The molecule has 1 aliphatic carbocycles. The Labute approximate surface area is 66.5 Å². The Hall–Kier alpha value is 0.580. The molecule has 2 unspecified atom stereocenters. The minimum absolute atomic E-state index is 0.218. The van der Waals surface area contributed by atoms with Gasteiger partial charge in [-0.1, -0.05) is 6.42 Å². The summed E-state index contributed by atoms with van der Waals surface area (Å²) in [5, 5.41) is 0.529. The first kappa shape index (κ1) is 7.68. The van der Waals surface area contributed by atoms with Crippen LogP contribution in [0.3, 0.4) is 0 Å². The molecule has 0 nitrogen and oxygen atoms in total. The van der Waals surface area contributed by atoms with Gasteiger partial charge < -0.3 is 0 Å². The molecule has 0 saturated heterocycles. The molecule has 1 fully saturated rings. The molecule has 1 aliphatic rings. The topological polar surface area (TPSA) is 0 Å². The van der Waals surface area contributed by atoms with E-state index in [2.05, 4.69) is 6.42 Å². The smallest absolute Gasteiger partial charge is 0.0381 e. The molecule has 53 valence electrons. The minimum Gasteiger partial charge on any atom is -0.123 e. The fraction of sp³-hybridized carbons (Fsp3) is 0.857. The van der Waals surface area contributed by atoms with Crippen LogP contribution in [-0.4, -0.2) is 10.8 Å². The second-order valence-electron chi connectivity index (χ2n) is 2.52. The van der Waals surface area contributed by atoms with Crippen molar-refractivity contribution in [2.24, 2.45) is 0 Å². The highest BCUT2D eigenvalue weighted by Gasteiger charge is 2.15. The normalized spacial score (nSPS) is 38.0. The van der Waals surface area contributed by atoms with Crippen LogP contribution < -0.4 is 0 Å². The van der Waals surface area contributed by atoms with E-state index in [4.69, 9.17) is 23.2 Å². The van der Waals surface area contributed by atoms with E-state index in [-0.39, 0.29) is 5.38 Å². The molecule has 0 aromatic carbocycles. The second-order valence-corrected chi connectivity index (χ2v) is 3.69. The predicted molar refractivity (Wildman–Crippen MR) is 42.1 cm³/mol. The molecular formula is C7H11Cl2. The molecule has 9 heavy (non-hydrogen) atoms. The van der Waals surface area contributed by atoms with Crippen LogP contribution in [0.5, 0.6) is 0 Å². The van der Waals surface area contributed by atoms with Gasteiger partial charge in [0.05, 0.1) is 0 Å². The van der Waals surface area contributed by atoms with Crippen molar-refractivity contribution >= 4 is 23.2 Å². The summed E-state index contributed by atoms with van der Waals surface area (Å²) in [5.41, 5.74) is 0. The summed E-state index contributed by atoms with van der Waals surface area (Å²) < 4.78 is 0. The summed E-state index contributed by atoms with van der Waals surface area (Å²) in [5.74, 6) is 0. The number of hydrogen-bond acceptors (Lipinski definition) is 0. The Morgan fingerprint density at radius 2 is 2.11 bits per heavy atom. The molecule has 0 aromatic rings. The van der Waals surface area contributed by atoms with Crippen molar-refractivity contribution in [2.75, 3.05) is 0 Å². The maximum absolute atomic E-state index is 5.91. The SMILES string of the molecule is ClC1[CH]CCCC(Cl)C1. The fourth-order valence-corrected chi connectivity index (χ4v) is 1.87. The number of hydrogen-bond donors (Lipinski definition) is 0. The lowest BCUT2D eigenvalue weighted by Gasteiger charge is -2.05. The Bertz CT molecular complexity index is 73.0. The first-order valence-corrected chi connectivity index (χ1v) is 4.28. The largest absolute Gasteiger partial charge is 0.123 e. The Morgan fingerprint density at radius 1 is 1.33 bits per heavy atom. The molecule has 1 radical (unpaired) electrons. The van der Waals surface area contributed by atoms with Crippen molar-refractivity contribution < 1.29 is 0 Å². The third kappa shape index (κ3) is 2.77. The summed E-state index contributed by atoms with van der Waals surface area (Å²) in [6.07, 6.45) is 6.57. The lowest BCUT2D eigenvalue weighted by atomic mass is 10.2. The van der Waals surface area contributed by atoms with E-state index in [1.165, 1.54) is 6.42 Å². The maximum Gasteiger partial charge on any atom is 0.0381 e. The Balaban J connectivity index is 2.29. The van der Waals surface area contributed by atoms with Crippen molar-refractivity contribution in [3.63, 3.8) is 0 Å². The van der Waals surface area contributed by atoms with Crippen molar-refractivity contribution in [3.05, 3.63) is 6.42 Å². The first-order chi connectivity index (χ1) is 4.29.